The largest absolute Gasteiger partial charge is 0.349 e. The van der Waals surface area contributed by atoms with Crippen molar-refractivity contribution in [3.8, 4) is 0 Å². The summed E-state index contributed by atoms with van der Waals surface area (Å²) >= 11 is 0. The van der Waals surface area contributed by atoms with Gasteiger partial charge in [-0.15, -0.1) is 9.53 Å². The van der Waals surface area contributed by atoms with Crippen LogP contribution in [0.1, 0.15) is 5.56 Å². The zero-order valence-corrected chi connectivity index (χ0v) is 8.77. The van der Waals surface area contributed by atoms with Gasteiger partial charge in [0.15, 0.2) is 0 Å². The molecular weight excluding hydrogens is 215 g/mol. The SMILES string of the molecule is Cc1ccccc1P(=O)(N=C=O)N=C=O. The van der Waals surface area contributed by atoms with Gasteiger partial charge in [0.25, 0.3) is 0 Å². The van der Waals surface area contributed by atoms with Crippen molar-refractivity contribution in [2.45, 2.75) is 6.92 Å². The van der Waals surface area contributed by atoms with Crippen LogP contribution in [0.2, 0.25) is 0 Å². The average molecular weight is 222 g/mol. The predicted molar refractivity (Wildman–Crippen MR) is 54.7 cm³/mol. The maximum atomic E-state index is 12.0. The normalized spacial score (nSPS) is 13.1. The van der Waals surface area contributed by atoms with E-state index in [1.807, 2.05) is 0 Å². The van der Waals surface area contributed by atoms with Gasteiger partial charge in [-0.05, 0) is 18.6 Å². The summed E-state index contributed by atoms with van der Waals surface area (Å²) in [6.07, 6.45) is 2.32. The fraction of sp³-hybridized carbons (Fsp3) is 0.111. The summed E-state index contributed by atoms with van der Waals surface area (Å²) in [5.41, 5.74) is 0.638. The number of hydrogen-bond acceptors (Lipinski definition) is 3. The molecule has 1 rings (SSSR count). The Labute approximate surface area is 86.0 Å². The van der Waals surface area contributed by atoms with Crippen molar-refractivity contribution in [3.05, 3.63) is 29.8 Å². The number of carbonyl (C=O) groups excluding carboxylic acids is 2. The summed E-state index contributed by atoms with van der Waals surface area (Å²) in [4.78, 5) is 20.3. The minimum atomic E-state index is -3.71. The van der Waals surface area contributed by atoms with Gasteiger partial charge in [-0.3, -0.25) is 4.57 Å². The van der Waals surface area contributed by atoms with E-state index in [0.717, 1.165) is 12.2 Å². The topological polar surface area (TPSA) is 75.9 Å². The molecule has 0 amide bonds. The van der Waals surface area contributed by atoms with Crippen molar-refractivity contribution in [2.75, 3.05) is 0 Å². The molecule has 1 aromatic carbocycles. The standard InChI is InChI=1S/C9H7N2O3P/c1-8-4-2-3-5-9(8)15(14,10-6-12)11-7-13/h2-5H,1H3. The van der Waals surface area contributed by atoms with E-state index in [1.54, 1.807) is 25.1 Å². The van der Waals surface area contributed by atoms with E-state index < -0.39 is 7.44 Å². The number of nitrogens with zero attached hydrogens (tertiary/aromatic N) is 2. The van der Waals surface area contributed by atoms with Gasteiger partial charge in [0.2, 0.25) is 12.2 Å². The van der Waals surface area contributed by atoms with Crippen LogP contribution in [0.4, 0.5) is 0 Å². The van der Waals surface area contributed by atoms with Crippen LogP contribution in [0.25, 0.3) is 0 Å². The average Bonchev–Trinajstić information content (AvgIpc) is 2.19. The number of aryl methyl sites for hydroxylation is 1. The molecule has 0 saturated carbocycles. The van der Waals surface area contributed by atoms with Gasteiger partial charge < -0.3 is 0 Å². The molecule has 6 heteroatoms. The maximum absolute atomic E-state index is 12.0. The fourth-order valence-corrected chi connectivity index (χ4v) is 2.43. The van der Waals surface area contributed by atoms with Crippen molar-refractivity contribution < 1.29 is 14.2 Å². The summed E-state index contributed by atoms with van der Waals surface area (Å²) in [7, 11) is -3.71. The smallest absolute Gasteiger partial charge is 0.265 e. The third-order valence-corrected chi connectivity index (χ3v) is 3.62. The second-order valence-electron chi connectivity index (χ2n) is 2.71. The van der Waals surface area contributed by atoms with Gasteiger partial charge in [-0.1, -0.05) is 18.2 Å². The van der Waals surface area contributed by atoms with Crippen LogP contribution in [0.15, 0.2) is 33.8 Å². The number of rotatable bonds is 3. The summed E-state index contributed by atoms with van der Waals surface area (Å²) in [6, 6.07) is 6.54. The molecule has 0 unspecified atom stereocenters. The second-order valence-corrected chi connectivity index (χ2v) is 4.68. The Morgan fingerprint density at radius 3 is 2.13 bits per heavy atom. The summed E-state index contributed by atoms with van der Waals surface area (Å²) in [6.45, 7) is 1.68. The first kappa shape index (κ1) is 11.3. The van der Waals surface area contributed by atoms with Crippen LogP contribution in [0, 0.1) is 6.92 Å². The molecule has 0 bridgehead atoms. The minimum absolute atomic E-state index is 0.247. The van der Waals surface area contributed by atoms with Gasteiger partial charge in [-0.25, -0.2) is 9.59 Å². The quantitative estimate of drug-likeness (QED) is 0.441. The highest BCUT2D eigenvalue weighted by atomic mass is 31.2. The molecule has 0 aliphatic heterocycles. The molecule has 15 heavy (non-hydrogen) atoms. The van der Waals surface area contributed by atoms with E-state index in [2.05, 4.69) is 9.53 Å². The zero-order chi connectivity index (χ0) is 11.3. The molecule has 0 aliphatic rings. The molecule has 0 heterocycles. The lowest BCUT2D eigenvalue weighted by molar-refractivity contribution is 0.560. The van der Waals surface area contributed by atoms with E-state index in [-0.39, 0.29) is 5.30 Å². The predicted octanol–water partition coefficient (Wildman–Crippen LogP) is 1.49. The lowest BCUT2D eigenvalue weighted by atomic mass is 10.2. The maximum Gasteiger partial charge on any atom is 0.349 e. The molecule has 0 fully saturated rings. The van der Waals surface area contributed by atoms with Crippen LogP contribution in [0.5, 0.6) is 0 Å². The first-order valence-corrected chi connectivity index (χ1v) is 5.60. The van der Waals surface area contributed by atoms with Crippen molar-refractivity contribution >= 4 is 24.9 Å². The van der Waals surface area contributed by atoms with Crippen LogP contribution < -0.4 is 5.30 Å². The van der Waals surface area contributed by atoms with Gasteiger partial charge in [0.05, 0.1) is 5.30 Å². The zero-order valence-electron chi connectivity index (χ0n) is 7.88. The lowest BCUT2D eigenvalue weighted by Gasteiger charge is -2.06. The molecule has 0 spiro atoms. The molecule has 0 N–H and O–H groups in total. The lowest BCUT2D eigenvalue weighted by Crippen LogP contribution is -2.05. The third-order valence-electron chi connectivity index (χ3n) is 1.78. The first-order valence-electron chi connectivity index (χ1n) is 3.99. The Bertz CT molecular complexity index is 492. The monoisotopic (exact) mass is 222 g/mol. The van der Waals surface area contributed by atoms with E-state index in [1.165, 1.54) is 6.07 Å². The van der Waals surface area contributed by atoms with E-state index in [4.69, 9.17) is 0 Å². The number of hydrogen-bond donors (Lipinski definition) is 0. The highest BCUT2D eigenvalue weighted by Crippen LogP contribution is 2.47. The van der Waals surface area contributed by atoms with Crippen molar-refractivity contribution in [1.29, 1.82) is 0 Å². The van der Waals surface area contributed by atoms with E-state index >= 15 is 0 Å². The molecule has 0 atom stereocenters. The third kappa shape index (κ3) is 2.36. The summed E-state index contributed by atoms with van der Waals surface area (Å²) < 4.78 is 18.2. The molecule has 1 aromatic rings. The Morgan fingerprint density at radius 1 is 1.13 bits per heavy atom. The van der Waals surface area contributed by atoms with Crippen molar-refractivity contribution in [1.82, 2.24) is 0 Å². The summed E-state index contributed by atoms with van der Waals surface area (Å²) in [5.74, 6) is 0. The van der Waals surface area contributed by atoms with Crippen LogP contribution in [0.3, 0.4) is 0 Å². The number of benzene rings is 1. The molecule has 0 radical (unpaired) electrons. The Morgan fingerprint density at radius 2 is 1.67 bits per heavy atom. The fourth-order valence-electron chi connectivity index (χ4n) is 1.13. The Hall–Kier alpha value is -1.79. The molecular formula is C9H7N2O3P. The minimum Gasteiger partial charge on any atom is -0.265 e. The molecule has 0 saturated heterocycles. The van der Waals surface area contributed by atoms with Gasteiger partial charge in [0.1, 0.15) is 0 Å². The van der Waals surface area contributed by atoms with Gasteiger partial charge in [0, 0.05) is 0 Å². The second kappa shape index (κ2) is 4.63. The van der Waals surface area contributed by atoms with E-state index in [9.17, 15) is 14.2 Å². The van der Waals surface area contributed by atoms with Gasteiger partial charge in [-0.2, -0.15) is 0 Å². The van der Waals surface area contributed by atoms with Crippen molar-refractivity contribution in [2.24, 2.45) is 9.53 Å². The Kier molecular flexibility index (Phi) is 3.48. The molecule has 5 nitrogen and oxygen atoms in total. The first-order chi connectivity index (χ1) is 7.14. The van der Waals surface area contributed by atoms with E-state index in [0.29, 0.717) is 5.56 Å². The van der Waals surface area contributed by atoms with Gasteiger partial charge >= 0.3 is 7.44 Å². The molecule has 0 aromatic heterocycles. The highest BCUT2D eigenvalue weighted by molar-refractivity contribution is 7.69. The van der Waals surface area contributed by atoms with Crippen LogP contribution in [-0.4, -0.2) is 12.2 Å². The number of isocyanates is 2. The molecule has 76 valence electrons. The van der Waals surface area contributed by atoms with Crippen molar-refractivity contribution in [3.63, 3.8) is 0 Å². The highest BCUT2D eigenvalue weighted by Gasteiger charge is 2.25. The Balaban J connectivity index is 3.47. The van der Waals surface area contributed by atoms with Crippen LogP contribution in [-0.2, 0) is 14.2 Å². The summed E-state index contributed by atoms with van der Waals surface area (Å²) in [5, 5.41) is 0.247. The van der Waals surface area contributed by atoms with Crippen LogP contribution >= 0.6 is 7.44 Å². The molecule has 0 aliphatic carbocycles.